The van der Waals surface area contributed by atoms with Crippen LogP contribution in [0.2, 0.25) is 0 Å². The summed E-state index contributed by atoms with van der Waals surface area (Å²) in [5, 5.41) is 2.32. The van der Waals surface area contributed by atoms with E-state index >= 15 is 0 Å². The lowest BCUT2D eigenvalue weighted by Crippen LogP contribution is -2.31. The van der Waals surface area contributed by atoms with Gasteiger partial charge in [-0.05, 0) is 31.0 Å². The number of carbonyl (C=O) groups excluding carboxylic acids is 1. The van der Waals surface area contributed by atoms with E-state index in [2.05, 4.69) is 20.0 Å². The van der Waals surface area contributed by atoms with Crippen molar-refractivity contribution in [2.75, 3.05) is 18.4 Å². The Balaban J connectivity index is 1.71. The van der Waals surface area contributed by atoms with E-state index in [9.17, 15) is 26.4 Å². The predicted octanol–water partition coefficient (Wildman–Crippen LogP) is 2.87. The number of halogens is 3. The summed E-state index contributed by atoms with van der Waals surface area (Å²) in [7, 11) is -3.41. The molecule has 1 aromatic heterocycles. The van der Waals surface area contributed by atoms with E-state index in [1.165, 1.54) is 24.5 Å². The molecule has 1 fully saturated rings. The molecular weight excluding hydrogens is 433 g/mol. The van der Waals surface area contributed by atoms with Gasteiger partial charge in [-0.3, -0.25) is 9.79 Å². The zero-order valence-electron chi connectivity index (χ0n) is 16.4. The molecule has 2 aliphatic heterocycles. The van der Waals surface area contributed by atoms with Gasteiger partial charge in [-0.1, -0.05) is 12.1 Å². The molecule has 4 rings (SSSR count). The van der Waals surface area contributed by atoms with Gasteiger partial charge in [0.05, 0.1) is 16.4 Å². The maximum absolute atomic E-state index is 12.9. The first-order chi connectivity index (χ1) is 14.6. The molecule has 11 heteroatoms. The van der Waals surface area contributed by atoms with Gasteiger partial charge in [0, 0.05) is 36.6 Å². The normalized spacial score (nSPS) is 22.4. The lowest BCUT2D eigenvalue weighted by atomic mass is 9.91. The van der Waals surface area contributed by atoms with Crippen molar-refractivity contribution < 1.29 is 26.4 Å². The molecule has 0 spiro atoms. The number of carbonyl (C=O) groups is 1. The number of sulfonamides is 1. The molecule has 3 heterocycles. The Kier molecular flexibility index (Phi) is 5.34. The highest BCUT2D eigenvalue weighted by molar-refractivity contribution is 7.90. The molecule has 31 heavy (non-hydrogen) atoms. The Hall–Kier alpha value is -2.79. The number of Topliss-reactive ketones (excluding diaryl/α,β-unsaturated/α-hetero) is 1. The Morgan fingerprint density at radius 1 is 1.23 bits per heavy atom. The smallest absolute Gasteiger partial charge is 0.368 e. The average molecular weight is 452 g/mol. The van der Waals surface area contributed by atoms with Crippen LogP contribution in [-0.2, 0) is 16.2 Å². The number of aromatic nitrogens is 1. The van der Waals surface area contributed by atoms with Crippen LogP contribution in [0, 0.1) is 0 Å². The fourth-order valence-corrected chi connectivity index (χ4v) is 5.00. The molecule has 2 aliphatic rings. The van der Waals surface area contributed by atoms with Crippen LogP contribution in [0.5, 0.6) is 0 Å². The van der Waals surface area contributed by atoms with E-state index in [0.717, 1.165) is 12.1 Å². The van der Waals surface area contributed by atoms with E-state index in [1.54, 1.807) is 6.92 Å². The molecule has 2 aromatic rings. The Morgan fingerprint density at radius 3 is 2.55 bits per heavy atom. The van der Waals surface area contributed by atoms with Crippen molar-refractivity contribution in [2.45, 2.75) is 30.8 Å². The number of anilines is 1. The summed E-state index contributed by atoms with van der Waals surface area (Å²) in [5.74, 6) is -0.0653. The monoisotopic (exact) mass is 452 g/mol. The molecule has 2 atom stereocenters. The van der Waals surface area contributed by atoms with Crippen molar-refractivity contribution in [3.8, 4) is 11.1 Å². The highest BCUT2D eigenvalue weighted by Gasteiger charge is 2.33. The third-order valence-electron chi connectivity index (χ3n) is 5.40. The van der Waals surface area contributed by atoms with Crippen LogP contribution in [0.3, 0.4) is 0 Å². The van der Waals surface area contributed by atoms with Crippen molar-refractivity contribution in [3.05, 3.63) is 47.2 Å². The van der Waals surface area contributed by atoms with Gasteiger partial charge in [0.15, 0.2) is 5.78 Å². The standard InChI is InChI=1S/C20H19F3N4O3S/c1-11-18(28)17-16(10-24-11)15(12-2-4-13(5-3-12)20(21,22)23)9-26-19(17)25-8-14-6-7-27-31(14,29)30/h2-5,9-11,14,27H,6-8H2,1H3,(H,25,26). The maximum Gasteiger partial charge on any atom is 0.416 e. The molecule has 1 aromatic carbocycles. The van der Waals surface area contributed by atoms with Crippen LogP contribution >= 0.6 is 0 Å². The van der Waals surface area contributed by atoms with E-state index in [-0.39, 0.29) is 23.7 Å². The lowest BCUT2D eigenvalue weighted by Gasteiger charge is -2.21. The number of aliphatic imine (C=N–C) groups is 1. The molecular formula is C20H19F3N4O3S. The molecule has 0 bridgehead atoms. The van der Waals surface area contributed by atoms with Crippen LogP contribution in [-0.4, -0.2) is 49.8 Å². The Morgan fingerprint density at radius 2 is 1.94 bits per heavy atom. The molecule has 0 radical (unpaired) electrons. The lowest BCUT2D eigenvalue weighted by molar-refractivity contribution is -0.137. The summed E-state index contributed by atoms with van der Waals surface area (Å²) in [6, 6.07) is 3.93. The number of pyridine rings is 1. The van der Waals surface area contributed by atoms with E-state index in [1.807, 2.05) is 0 Å². The van der Waals surface area contributed by atoms with Gasteiger partial charge in [0.2, 0.25) is 10.0 Å². The van der Waals surface area contributed by atoms with Gasteiger partial charge in [0.1, 0.15) is 11.9 Å². The van der Waals surface area contributed by atoms with Crippen molar-refractivity contribution in [2.24, 2.45) is 4.99 Å². The number of hydrogen-bond acceptors (Lipinski definition) is 6. The van der Waals surface area contributed by atoms with Crippen LogP contribution in [0.15, 0.2) is 35.5 Å². The summed E-state index contributed by atoms with van der Waals surface area (Å²) in [5.41, 5.74) is 0.838. The third kappa shape index (κ3) is 4.07. The Labute approximate surface area is 176 Å². The number of hydrogen-bond donors (Lipinski definition) is 2. The zero-order valence-corrected chi connectivity index (χ0v) is 17.2. The minimum absolute atomic E-state index is 0.0766. The molecule has 0 amide bonds. The SMILES string of the molecule is CC1N=Cc2c(-c3ccc(C(F)(F)F)cc3)cnc(NCC3CCNS3(=O)=O)c2C1=O. The molecule has 2 N–H and O–H groups in total. The van der Waals surface area contributed by atoms with Crippen LogP contribution in [0.4, 0.5) is 19.0 Å². The van der Waals surface area contributed by atoms with Crippen LogP contribution in [0.25, 0.3) is 11.1 Å². The average Bonchev–Trinajstić information content (AvgIpc) is 3.06. The number of alkyl halides is 3. The van der Waals surface area contributed by atoms with E-state index < -0.39 is 33.1 Å². The fraction of sp³-hybridized carbons (Fsp3) is 0.350. The van der Waals surface area contributed by atoms with Crippen molar-refractivity contribution in [3.63, 3.8) is 0 Å². The molecule has 0 aliphatic carbocycles. The molecule has 2 unspecified atom stereocenters. The number of nitrogens with zero attached hydrogens (tertiary/aromatic N) is 2. The predicted molar refractivity (Wildman–Crippen MR) is 110 cm³/mol. The topological polar surface area (TPSA) is 101 Å². The minimum atomic E-state index is -4.45. The first-order valence-electron chi connectivity index (χ1n) is 9.58. The van der Waals surface area contributed by atoms with Gasteiger partial charge >= 0.3 is 6.18 Å². The second-order valence-corrected chi connectivity index (χ2v) is 9.48. The van der Waals surface area contributed by atoms with Crippen molar-refractivity contribution in [1.29, 1.82) is 0 Å². The molecule has 0 saturated carbocycles. The number of fused-ring (bicyclic) bond motifs is 1. The first kappa shape index (κ1) is 21.4. The van der Waals surface area contributed by atoms with Crippen LogP contribution < -0.4 is 10.0 Å². The summed E-state index contributed by atoms with van der Waals surface area (Å²) in [4.78, 5) is 21.3. The highest BCUT2D eigenvalue weighted by Crippen LogP contribution is 2.34. The van der Waals surface area contributed by atoms with Gasteiger partial charge in [-0.2, -0.15) is 13.2 Å². The fourth-order valence-electron chi connectivity index (χ4n) is 3.63. The molecule has 164 valence electrons. The van der Waals surface area contributed by atoms with Crippen LogP contribution in [0.1, 0.15) is 34.8 Å². The summed E-state index contributed by atoms with van der Waals surface area (Å²) in [6.45, 7) is 2.06. The van der Waals surface area contributed by atoms with Gasteiger partial charge in [-0.25, -0.2) is 18.1 Å². The first-order valence-corrected chi connectivity index (χ1v) is 11.1. The van der Waals surface area contributed by atoms with E-state index in [4.69, 9.17) is 0 Å². The van der Waals surface area contributed by atoms with E-state index in [0.29, 0.717) is 29.7 Å². The van der Waals surface area contributed by atoms with Crippen molar-refractivity contribution >= 4 is 27.8 Å². The van der Waals surface area contributed by atoms with Gasteiger partial charge in [0.25, 0.3) is 0 Å². The quantitative estimate of drug-likeness (QED) is 0.743. The second kappa shape index (κ2) is 7.72. The number of nitrogens with one attached hydrogen (secondary N) is 2. The number of benzene rings is 1. The summed E-state index contributed by atoms with van der Waals surface area (Å²) in [6.07, 6.45) is -1.06. The van der Waals surface area contributed by atoms with Gasteiger partial charge < -0.3 is 5.32 Å². The minimum Gasteiger partial charge on any atom is -0.368 e. The summed E-state index contributed by atoms with van der Waals surface area (Å²) < 4.78 is 65.1. The number of ketones is 1. The summed E-state index contributed by atoms with van der Waals surface area (Å²) >= 11 is 0. The van der Waals surface area contributed by atoms with Crippen molar-refractivity contribution in [1.82, 2.24) is 9.71 Å². The largest absolute Gasteiger partial charge is 0.416 e. The Bertz CT molecular complexity index is 1160. The molecule has 7 nitrogen and oxygen atoms in total. The number of rotatable bonds is 4. The second-order valence-electron chi connectivity index (χ2n) is 7.43. The highest BCUT2D eigenvalue weighted by atomic mass is 32.2. The maximum atomic E-state index is 12.9. The molecule has 1 saturated heterocycles. The van der Waals surface area contributed by atoms with Gasteiger partial charge in [-0.15, -0.1) is 0 Å². The zero-order chi connectivity index (χ0) is 22.4. The third-order valence-corrected chi connectivity index (χ3v) is 7.29.